The van der Waals surface area contributed by atoms with E-state index in [9.17, 15) is 5.11 Å². The molecule has 0 bridgehead atoms. The maximum atomic E-state index is 10.9. The molecule has 0 spiro atoms. The summed E-state index contributed by atoms with van der Waals surface area (Å²) >= 11 is 1.95. The summed E-state index contributed by atoms with van der Waals surface area (Å²) in [5.74, 6) is 3.45. The molecule has 3 heteroatoms. The Bertz CT molecular complexity index is 240. The molecule has 16 heavy (non-hydrogen) atoms. The number of hydrogen-bond donors (Lipinski definition) is 2. The van der Waals surface area contributed by atoms with Gasteiger partial charge in [-0.15, -0.1) is 0 Å². The molecule has 0 aromatic heterocycles. The van der Waals surface area contributed by atoms with Crippen molar-refractivity contribution in [2.75, 3.05) is 11.5 Å². The van der Waals surface area contributed by atoms with Crippen LogP contribution in [0.1, 0.15) is 46.0 Å². The molecular weight excluding hydrogens is 218 g/mol. The highest BCUT2D eigenvalue weighted by Crippen LogP contribution is 2.45. The molecule has 1 saturated carbocycles. The number of aliphatic hydroxyl groups is 1. The number of rotatable bonds is 1. The minimum atomic E-state index is -0.596. The van der Waals surface area contributed by atoms with Gasteiger partial charge in [0, 0.05) is 5.54 Å². The number of nitrogens with two attached hydrogens (primary N) is 1. The molecular formula is C13H25NOS. The minimum absolute atomic E-state index is 0.328. The molecule has 2 fully saturated rings. The van der Waals surface area contributed by atoms with Gasteiger partial charge in [-0.3, -0.25) is 0 Å². The van der Waals surface area contributed by atoms with Crippen LogP contribution in [-0.4, -0.2) is 27.8 Å². The standard InChI is InChI=1S/C13H25NOS/c1-10-7-11(2)9-12(14,8-10)13(15)3-5-16-6-4-13/h10-11,15H,3-9,14H2,1-2H3. The molecule has 1 aliphatic carbocycles. The van der Waals surface area contributed by atoms with Gasteiger partial charge in [0.1, 0.15) is 0 Å². The van der Waals surface area contributed by atoms with Crippen molar-refractivity contribution >= 4 is 11.8 Å². The molecule has 1 aliphatic heterocycles. The van der Waals surface area contributed by atoms with Crippen LogP contribution in [0.3, 0.4) is 0 Å². The molecule has 2 nitrogen and oxygen atoms in total. The van der Waals surface area contributed by atoms with E-state index in [1.807, 2.05) is 11.8 Å². The number of thioether (sulfide) groups is 1. The highest BCUT2D eigenvalue weighted by molar-refractivity contribution is 7.99. The van der Waals surface area contributed by atoms with Gasteiger partial charge in [0.15, 0.2) is 0 Å². The molecule has 2 atom stereocenters. The van der Waals surface area contributed by atoms with Crippen LogP contribution in [0.5, 0.6) is 0 Å². The zero-order chi connectivity index (χ0) is 11.8. The second-order valence-electron chi connectivity index (χ2n) is 6.15. The van der Waals surface area contributed by atoms with E-state index in [0.717, 1.165) is 37.2 Å². The Kier molecular flexibility index (Phi) is 3.58. The highest BCUT2D eigenvalue weighted by atomic mass is 32.2. The van der Waals surface area contributed by atoms with E-state index in [1.54, 1.807) is 0 Å². The Morgan fingerprint density at radius 2 is 1.62 bits per heavy atom. The molecule has 3 N–H and O–H groups in total. The third kappa shape index (κ3) is 2.27. The maximum Gasteiger partial charge on any atom is 0.0842 e. The van der Waals surface area contributed by atoms with E-state index in [2.05, 4.69) is 13.8 Å². The van der Waals surface area contributed by atoms with E-state index >= 15 is 0 Å². The molecule has 0 aromatic rings. The maximum absolute atomic E-state index is 10.9. The van der Waals surface area contributed by atoms with Crippen LogP contribution in [0.25, 0.3) is 0 Å². The van der Waals surface area contributed by atoms with Crippen molar-refractivity contribution in [3.8, 4) is 0 Å². The van der Waals surface area contributed by atoms with Gasteiger partial charge in [0.05, 0.1) is 5.60 Å². The quantitative estimate of drug-likeness (QED) is 0.743. The molecule has 1 heterocycles. The van der Waals surface area contributed by atoms with Crippen LogP contribution in [-0.2, 0) is 0 Å². The molecule has 0 amide bonds. The van der Waals surface area contributed by atoms with E-state index in [-0.39, 0.29) is 5.54 Å². The predicted molar refractivity (Wildman–Crippen MR) is 70.6 cm³/mol. The Labute approximate surface area is 103 Å². The van der Waals surface area contributed by atoms with E-state index < -0.39 is 5.60 Å². The summed E-state index contributed by atoms with van der Waals surface area (Å²) in [5, 5.41) is 10.9. The van der Waals surface area contributed by atoms with Gasteiger partial charge in [-0.05, 0) is 55.4 Å². The normalized spacial score (nSPS) is 44.2. The first kappa shape index (κ1) is 12.7. The molecule has 0 aromatic carbocycles. The lowest BCUT2D eigenvalue weighted by atomic mass is 9.62. The predicted octanol–water partition coefficient (Wildman–Crippen LogP) is 2.40. The molecule has 0 radical (unpaired) electrons. The summed E-state index contributed by atoms with van der Waals surface area (Å²) in [7, 11) is 0. The Morgan fingerprint density at radius 3 is 2.12 bits per heavy atom. The Morgan fingerprint density at radius 1 is 1.12 bits per heavy atom. The minimum Gasteiger partial charge on any atom is -0.388 e. The van der Waals surface area contributed by atoms with E-state index in [1.165, 1.54) is 6.42 Å². The second kappa shape index (κ2) is 4.51. The fourth-order valence-corrected chi connectivity index (χ4v) is 4.94. The third-order valence-corrected chi connectivity index (χ3v) is 5.46. The second-order valence-corrected chi connectivity index (χ2v) is 7.38. The SMILES string of the molecule is CC1CC(C)CC(N)(C2(O)CCSCC2)C1. The van der Waals surface area contributed by atoms with Crippen molar-refractivity contribution in [2.24, 2.45) is 17.6 Å². The van der Waals surface area contributed by atoms with Crippen LogP contribution in [0.2, 0.25) is 0 Å². The van der Waals surface area contributed by atoms with Crippen molar-refractivity contribution in [1.29, 1.82) is 0 Å². The lowest BCUT2D eigenvalue weighted by Crippen LogP contribution is -2.64. The lowest BCUT2D eigenvalue weighted by molar-refractivity contribution is -0.0731. The zero-order valence-electron chi connectivity index (χ0n) is 10.5. The van der Waals surface area contributed by atoms with Gasteiger partial charge in [-0.1, -0.05) is 13.8 Å². The van der Waals surface area contributed by atoms with E-state index in [4.69, 9.17) is 5.73 Å². The largest absolute Gasteiger partial charge is 0.388 e. The molecule has 2 aliphatic rings. The summed E-state index contributed by atoms with van der Waals surface area (Å²) in [6.45, 7) is 4.55. The van der Waals surface area contributed by atoms with Crippen molar-refractivity contribution in [3.63, 3.8) is 0 Å². The van der Waals surface area contributed by atoms with Gasteiger partial charge in [0.2, 0.25) is 0 Å². The Hall–Kier alpha value is 0.270. The molecule has 2 rings (SSSR count). The van der Waals surface area contributed by atoms with Crippen molar-refractivity contribution in [2.45, 2.75) is 57.1 Å². The van der Waals surface area contributed by atoms with E-state index in [0.29, 0.717) is 11.8 Å². The van der Waals surface area contributed by atoms with Crippen molar-refractivity contribution < 1.29 is 5.11 Å². The first-order valence-corrected chi connectivity index (χ1v) is 7.70. The first-order valence-electron chi connectivity index (χ1n) is 6.54. The monoisotopic (exact) mass is 243 g/mol. The Balaban J connectivity index is 2.15. The zero-order valence-corrected chi connectivity index (χ0v) is 11.4. The molecule has 2 unspecified atom stereocenters. The summed E-state index contributed by atoms with van der Waals surface area (Å²) in [6, 6.07) is 0. The summed E-state index contributed by atoms with van der Waals surface area (Å²) in [6.07, 6.45) is 5.03. The first-order chi connectivity index (χ1) is 7.45. The lowest BCUT2D eigenvalue weighted by Gasteiger charge is -2.52. The average Bonchev–Trinajstić information content (AvgIpc) is 2.16. The highest BCUT2D eigenvalue weighted by Gasteiger charge is 2.50. The van der Waals surface area contributed by atoms with Crippen molar-refractivity contribution in [3.05, 3.63) is 0 Å². The van der Waals surface area contributed by atoms with Crippen LogP contribution < -0.4 is 5.73 Å². The van der Waals surface area contributed by atoms with Gasteiger partial charge >= 0.3 is 0 Å². The molecule has 1 saturated heterocycles. The fourth-order valence-electron chi connectivity index (χ4n) is 3.77. The van der Waals surface area contributed by atoms with Gasteiger partial charge in [-0.25, -0.2) is 0 Å². The van der Waals surface area contributed by atoms with Gasteiger partial charge in [0.25, 0.3) is 0 Å². The van der Waals surface area contributed by atoms with Gasteiger partial charge in [-0.2, -0.15) is 11.8 Å². The fraction of sp³-hybridized carbons (Fsp3) is 1.00. The van der Waals surface area contributed by atoms with Crippen LogP contribution in [0.4, 0.5) is 0 Å². The summed E-state index contributed by atoms with van der Waals surface area (Å²) in [5.41, 5.74) is 5.67. The van der Waals surface area contributed by atoms with Gasteiger partial charge < -0.3 is 10.8 Å². The summed E-state index contributed by atoms with van der Waals surface area (Å²) < 4.78 is 0. The summed E-state index contributed by atoms with van der Waals surface area (Å²) in [4.78, 5) is 0. The van der Waals surface area contributed by atoms with Crippen LogP contribution >= 0.6 is 11.8 Å². The van der Waals surface area contributed by atoms with Crippen LogP contribution in [0, 0.1) is 11.8 Å². The topological polar surface area (TPSA) is 46.2 Å². The third-order valence-electron chi connectivity index (χ3n) is 4.48. The average molecular weight is 243 g/mol. The molecule has 94 valence electrons. The smallest absolute Gasteiger partial charge is 0.0842 e. The van der Waals surface area contributed by atoms with Crippen LogP contribution in [0.15, 0.2) is 0 Å². The van der Waals surface area contributed by atoms with Crippen molar-refractivity contribution in [1.82, 2.24) is 0 Å². The number of hydrogen-bond acceptors (Lipinski definition) is 3.